The first-order chi connectivity index (χ1) is 21.5. The van der Waals surface area contributed by atoms with Crippen LogP contribution in [-0.4, -0.2) is 71.5 Å². The lowest BCUT2D eigenvalue weighted by molar-refractivity contribution is 0.256. The van der Waals surface area contributed by atoms with Crippen LogP contribution in [0.15, 0.2) is 47.6 Å². The van der Waals surface area contributed by atoms with Gasteiger partial charge >= 0.3 is 0 Å². The summed E-state index contributed by atoms with van der Waals surface area (Å²) in [6, 6.07) is 14.1. The Hall–Kier alpha value is -3.62. The Kier molecular flexibility index (Phi) is 7.97. The summed E-state index contributed by atoms with van der Waals surface area (Å²) in [4.78, 5) is 14.8. The molecule has 232 valence electrons. The second-order valence-electron chi connectivity index (χ2n) is 13.4. The molecule has 4 N–H and O–H groups in total. The molecule has 0 bridgehead atoms. The summed E-state index contributed by atoms with van der Waals surface area (Å²) < 4.78 is 4.87. The molecule has 2 saturated heterocycles. The molecule has 2 aromatic carbocycles. The van der Waals surface area contributed by atoms with Gasteiger partial charge in [-0.25, -0.2) is 4.98 Å². The van der Waals surface area contributed by atoms with E-state index in [4.69, 9.17) is 16.5 Å². The molecule has 2 aliphatic heterocycles. The van der Waals surface area contributed by atoms with Crippen LogP contribution in [0.25, 0.3) is 39.2 Å². The SMILES string of the molecule is CCc1cc(N2CCCC(N)C2)cc2nc(-c3cc4cccc(C5CCN(C)CC5)c4n3CC3CC3)n(C(C=NC)=CN)c12. The number of benzene rings is 2. The Labute approximate surface area is 261 Å². The number of nitrogens with two attached hydrogens (primary N) is 2. The Morgan fingerprint density at radius 2 is 1.86 bits per heavy atom. The van der Waals surface area contributed by atoms with Crippen LogP contribution in [0.5, 0.6) is 0 Å². The molecule has 44 heavy (non-hydrogen) atoms. The first kappa shape index (κ1) is 29.1. The maximum Gasteiger partial charge on any atom is 0.162 e. The van der Waals surface area contributed by atoms with Gasteiger partial charge in [0.25, 0.3) is 0 Å². The van der Waals surface area contributed by atoms with E-state index in [1.807, 2.05) is 6.21 Å². The number of fused-ring (bicyclic) bond motifs is 2. The van der Waals surface area contributed by atoms with Crippen molar-refractivity contribution < 1.29 is 0 Å². The number of para-hydroxylation sites is 1. The van der Waals surface area contributed by atoms with Crippen LogP contribution in [0.1, 0.15) is 62.5 Å². The van der Waals surface area contributed by atoms with Crippen molar-refractivity contribution in [3.8, 4) is 11.5 Å². The molecule has 4 heterocycles. The molecule has 2 aromatic heterocycles. The number of aromatic nitrogens is 3. The fourth-order valence-electron chi connectivity index (χ4n) is 7.64. The number of aliphatic imine (C=N–C) groups is 1. The number of piperidine rings is 2. The van der Waals surface area contributed by atoms with Crippen molar-refractivity contribution in [2.75, 3.05) is 45.2 Å². The van der Waals surface area contributed by atoms with E-state index in [1.54, 1.807) is 13.2 Å². The van der Waals surface area contributed by atoms with Gasteiger partial charge in [-0.05, 0) is 106 Å². The fourth-order valence-corrected chi connectivity index (χ4v) is 7.64. The molecule has 0 spiro atoms. The van der Waals surface area contributed by atoms with Gasteiger partial charge < -0.3 is 25.8 Å². The van der Waals surface area contributed by atoms with E-state index in [2.05, 4.69) is 74.3 Å². The molecule has 7 rings (SSSR count). The minimum atomic E-state index is 0.210. The van der Waals surface area contributed by atoms with Crippen molar-refractivity contribution >= 4 is 39.5 Å². The van der Waals surface area contributed by atoms with Gasteiger partial charge in [0.2, 0.25) is 0 Å². The molecule has 1 saturated carbocycles. The summed E-state index contributed by atoms with van der Waals surface area (Å²) in [6.07, 6.45) is 11.6. The smallest absolute Gasteiger partial charge is 0.162 e. The number of anilines is 1. The topological polar surface area (TPSA) is 93.6 Å². The third-order valence-electron chi connectivity index (χ3n) is 10.2. The summed E-state index contributed by atoms with van der Waals surface area (Å²) in [5, 5.41) is 1.30. The summed E-state index contributed by atoms with van der Waals surface area (Å²) in [5.74, 6) is 2.23. The highest BCUT2D eigenvalue weighted by Crippen LogP contribution is 2.42. The highest BCUT2D eigenvalue weighted by atomic mass is 15.2. The van der Waals surface area contributed by atoms with Crippen LogP contribution in [-0.2, 0) is 13.0 Å². The molecule has 4 aromatic rings. The number of aryl methyl sites for hydroxylation is 1. The molecule has 0 radical (unpaired) electrons. The monoisotopic (exact) mass is 592 g/mol. The number of imidazole rings is 1. The van der Waals surface area contributed by atoms with E-state index in [0.717, 1.165) is 86.2 Å². The maximum atomic E-state index is 6.41. The van der Waals surface area contributed by atoms with Crippen molar-refractivity contribution in [2.24, 2.45) is 22.4 Å². The summed E-state index contributed by atoms with van der Waals surface area (Å²) >= 11 is 0. The van der Waals surface area contributed by atoms with Crippen molar-refractivity contribution in [1.82, 2.24) is 19.0 Å². The highest BCUT2D eigenvalue weighted by Gasteiger charge is 2.30. The molecule has 1 atom stereocenters. The Morgan fingerprint density at radius 1 is 1.05 bits per heavy atom. The molecule has 8 nitrogen and oxygen atoms in total. The Morgan fingerprint density at radius 3 is 2.57 bits per heavy atom. The number of hydrogen-bond donors (Lipinski definition) is 2. The summed E-state index contributed by atoms with van der Waals surface area (Å²) in [5.41, 5.74) is 22.2. The number of allylic oxidation sites excluding steroid dienone is 1. The largest absolute Gasteiger partial charge is 0.403 e. The van der Waals surface area contributed by atoms with E-state index >= 15 is 0 Å². The third-order valence-corrected chi connectivity index (χ3v) is 10.2. The van der Waals surface area contributed by atoms with Crippen LogP contribution in [0.4, 0.5) is 5.69 Å². The van der Waals surface area contributed by atoms with Gasteiger partial charge in [0.05, 0.1) is 27.9 Å². The quantitative estimate of drug-likeness (QED) is 0.251. The van der Waals surface area contributed by atoms with E-state index in [-0.39, 0.29) is 6.04 Å². The molecule has 0 amide bonds. The molecule has 1 unspecified atom stereocenters. The number of nitrogens with zero attached hydrogens (tertiary/aromatic N) is 6. The minimum Gasteiger partial charge on any atom is -0.403 e. The van der Waals surface area contributed by atoms with Gasteiger partial charge in [0.1, 0.15) is 0 Å². The van der Waals surface area contributed by atoms with Gasteiger partial charge in [0, 0.05) is 56.2 Å². The van der Waals surface area contributed by atoms with Gasteiger partial charge in [-0.3, -0.25) is 9.56 Å². The van der Waals surface area contributed by atoms with E-state index in [1.165, 1.54) is 53.4 Å². The van der Waals surface area contributed by atoms with E-state index < -0.39 is 0 Å². The molecule has 3 aliphatic rings. The Balaban J connectivity index is 1.46. The summed E-state index contributed by atoms with van der Waals surface area (Å²) in [7, 11) is 4.05. The first-order valence-corrected chi connectivity index (χ1v) is 16.7. The molecule has 3 fully saturated rings. The number of rotatable bonds is 8. The van der Waals surface area contributed by atoms with Crippen molar-refractivity contribution in [1.29, 1.82) is 0 Å². The highest BCUT2D eigenvalue weighted by molar-refractivity contribution is 6.07. The average Bonchev–Trinajstić information content (AvgIpc) is 3.67. The van der Waals surface area contributed by atoms with Crippen molar-refractivity contribution in [3.63, 3.8) is 0 Å². The standard InChI is InChI=1S/C36H48N8/c1-4-25-17-29(42-14-6-8-28(38)23-42)19-32-35(25)44(30(20-37)21-39-2)36(40-32)33-18-27-7-5-9-31(26-12-15-41(3)16-13-26)34(27)43(33)22-24-10-11-24/h5,7,9,17-21,24,26,28H,4,6,8,10-16,22-23,37-38H2,1-3H3. The van der Waals surface area contributed by atoms with Crippen LogP contribution in [0.3, 0.4) is 0 Å². The first-order valence-electron chi connectivity index (χ1n) is 16.7. The zero-order chi connectivity index (χ0) is 30.4. The lowest BCUT2D eigenvalue weighted by Gasteiger charge is -2.33. The third kappa shape index (κ3) is 5.32. The maximum absolute atomic E-state index is 6.41. The van der Waals surface area contributed by atoms with Crippen LogP contribution < -0.4 is 16.4 Å². The lowest BCUT2D eigenvalue weighted by Crippen LogP contribution is -2.42. The summed E-state index contributed by atoms with van der Waals surface area (Å²) in [6.45, 7) is 7.47. The molecular formula is C36H48N8. The predicted octanol–water partition coefficient (Wildman–Crippen LogP) is 5.82. The van der Waals surface area contributed by atoms with Gasteiger partial charge in [-0.2, -0.15) is 0 Å². The zero-order valence-electron chi connectivity index (χ0n) is 26.7. The average molecular weight is 593 g/mol. The normalized spacial score (nSPS) is 21.0. The Bertz CT molecular complexity index is 1710. The molecule has 8 heteroatoms. The molecule has 1 aliphatic carbocycles. The molecular weight excluding hydrogens is 544 g/mol. The van der Waals surface area contributed by atoms with Gasteiger partial charge in [-0.1, -0.05) is 25.1 Å². The second-order valence-corrected chi connectivity index (χ2v) is 13.4. The van der Waals surface area contributed by atoms with E-state index in [0.29, 0.717) is 5.92 Å². The number of hydrogen-bond acceptors (Lipinski definition) is 6. The van der Waals surface area contributed by atoms with Crippen molar-refractivity contribution in [3.05, 3.63) is 53.7 Å². The van der Waals surface area contributed by atoms with Crippen molar-refractivity contribution in [2.45, 2.75) is 70.4 Å². The zero-order valence-corrected chi connectivity index (χ0v) is 26.7. The predicted molar refractivity (Wildman–Crippen MR) is 185 cm³/mol. The van der Waals surface area contributed by atoms with Crippen LogP contribution in [0, 0.1) is 5.92 Å². The van der Waals surface area contributed by atoms with Crippen LogP contribution >= 0.6 is 0 Å². The van der Waals surface area contributed by atoms with E-state index in [9.17, 15) is 0 Å². The second kappa shape index (κ2) is 12.1. The van der Waals surface area contributed by atoms with Gasteiger partial charge in [-0.15, -0.1) is 0 Å². The van der Waals surface area contributed by atoms with Gasteiger partial charge in [0.15, 0.2) is 5.82 Å². The minimum absolute atomic E-state index is 0.210. The fraction of sp³-hybridized carbons (Fsp3) is 0.500. The van der Waals surface area contributed by atoms with Crippen LogP contribution in [0.2, 0.25) is 0 Å². The lowest BCUT2D eigenvalue weighted by atomic mass is 9.88. The number of likely N-dealkylation sites (tertiary alicyclic amines) is 1.